The van der Waals surface area contributed by atoms with E-state index in [4.69, 9.17) is 14.2 Å². The molecule has 0 radical (unpaired) electrons. The molecule has 0 spiro atoms. The second kappa shape index (κ2) is 11.8. The number of hydrogen-bond donors (Lipinski definition) is 0. The summed E-state index contributed by atoms with van der Waals surface area (Å²) in [5, 5.41) is 0. The number of carbonyl (C=O) groups excluding carboxylic acids is 2. The van der Waals surface area contributed by atoms with Crippen LogP contribution in [0.2, 0.25) is 0 Å². The van der Waals surface area contributed by atoms with Gasteiger partial charge in [0.05, 0.1) is 27.2 Å². The second-order valence-electron chi connectivity index (χ2n) is 14.1. The van der Waals surface area contributed by atoms with E-state index in [-0.39, 0.29) is 22.9 Å². The standard InChI is InChI=1S/C36H52NO5/c1-8-37(6,9-2)18-19-41-32-13-10-25(21-33(32)40-7)20-26-22-31-29-12-11-27-23-28(42-24(3)38)14-16-35(27,4)30(29)15-17-36(31,5)34(26)39/h10-11,13,20-21,28-31H,8-9,12,14-19,22-23H2,1-7H3/q+1/b26-20+/t28-,29+,30-,31-,35-,36-/m0/s1. The van der Waals surface area contributed by atoms with Gasteiger partial charge in [-0.15, -0.1) is 0 Å². The Morgan fingerprint density at radius 1 is 1.05 bits per heavy atom. The molecule has 0 bridgehead atoms. The van der Waals surface area contributed by atoms with Crippen molar-refractivity contribution < 1.29 is 28.3 Å². The minimum Gasteiger partial charge on any atom is -0.493 e. The van der Waals surface area contributed by atoms with Crippen LogP contribution in [0.3, 0.4) is 0 Å². The van der Waals surface area contributed by atoms with Crippen molar-refractivity contribution in [2.45, 2.75) is 85.7 Å². The van der Waals surface area contributed by atoms with Gasteiger partial charge in [0.1, 0.15) is 19.3 Å². The number of ketones is 1. The number of hydrogen-bond acceptors (Lipinski definition) is 5. The average Bonchev–Trinajstić information content (AvgIpc) is 3.22. The van der Waals surface area contributed by atoms with Crippen molar-refractivity contribution in [1.82, 2.24) is 0 Å². The van der Waals surface area contributed by atoms with Crippen LogP contribution in [0.15, 0.2) is 35.4 Å². The minimum atomic E-state index is -0.291. The highest BCUT2D eigenvalue weighted by atomic mass is 16.5. The SMILES string of the molecule is CC[N+](C)(CC)CCOc1ccc(/C=C2\C[C@H]3[C@@H]4CC=C5C[C@@H](OC(C)=O)CC[C@]5(C)[C@H]4CC[C@]3(C)C2=O)cc1OC. The van der Waals surface area contributed by atoms with E-state index < -0.39 is 0 Å². The Morgan fingerprint density at radius 3 is 2.48 bits per heavy atom. The number of benzene rings is 1. The van der Waals surface area contributed by atoms with Crippen LogP contribution in [-0.4, -0.2) is 62.7 Å². The lowest BCUT2D eigenvalue weighted by atomic mass is 9.48. The van der Waals surface area contributed by atoms with Gasteiger partial charge in [0.15, 0.2) is 17.3 Å². The van der Waals surface area contributed by atoms with Crippen molar-refractivity contribution in [3.05, 3.63) is 41.0 Å². The minimum absolute atomic E-state index is 0.00986. The zero-order valence-electron chi connectivity index (χ0n) is 27.0. The summed E-state index contributed by atoms with van der Waals surface area (Å²) in [6, 6.07) is 6.05. The molecule has 4 aliphatic carbocycles. The van der Waals surface area contributed by atoms with Crippen LogP contribution in [0.4, 0.5) is 0 Å². The normalized spacial score (nSPS) is 33.4. The van der Waals surface area contributed by atoms with Gasteiger partial charge in [0.2, 0.25) is 0 Å². The van der Waals surface area contributed by atoms with Crippen LogP contribution in [0.1, 0.15) is 85.1 Å². The zero-order valence-corrected chi connectivity index (χ0v) is 27.0. The summed E-state index contributed by atoms with van der Waals surface area (Å²) in [4.78, 5) is 25.6. The molecule has 1 aromatic carbocycles. The molecule has 3 fully saturated rings. The fourth-order valence-corrected chi connectivity index (χ4v) is 8.77. The van der Waals surface area contributed by atoms with E-state index in [0.29, 0.717) is 35.9 Å². The largest absolute Gasteiger partial charge is 0.493 e. The number of fused-ring (bicyclic) bond motifs is 5. The molecule has 0 aromatic heterocycles. The first kappa shape index (κ1) is 30.8. The Morgan fingerprint density at radius 2 is 1.79 bits per heavy atom. The van der Waals surface area contributed by atoms with E-state index in [1.807, 2.05) is 12.1 Å². The quantitative estimate of drug-likeness (QED) is 0.136. The van der Waals surface area contributed by atoms with Gasteiger partial charge in [-0.05, 0) is 105 Å². The third-order valence-electron chi connectivity index (χ3n) is 12.0. The number of carbonyl (C=O) groups is 2. The fraction of sp³-hybridized carbons (Fsp3) is 0.667. The highest BCUT2D eigenvalue weighted by Gasteiger charge is 2.60. The van der Waals surface area contributed by atoms with Crippen LogP contribution < -0.4 is 9.47 Å². The third-order valence-corrected chi connectivity index (χ3v) is 12.0. The lowest BCUT2D eigenvalue weighted by molar-refractivity contribution is -0.906. The number of quaternary nitrogens is 1. The van der Waals surface area contributed by atoms with E-state index in [9.17, 15) is 9.59 Å². The first-order valence-electron chi connectivity index (χ1n) is 16.2. The topological polar surface area (TPSA) is 61.8 Å². The van der Waals surface area contributed by atoms with Crippen molar-refractivity contribution in [2.75, 3.05) is 40.4 Å². The van der Waals surface area contributed by atoms with E-state index >= 15 is 0 Å². The van der Waals surface area contributed by atoms with Gasteiger partial charge in [-0.3, -0.25) is 9.59 Å². The predicted molar refractivity (Wildman–Crippen MR) is 166 cm³/mol. The number of nitrogens with zero attached hydrogens (tertiary/aromatic N) is 1. The third kappa shape index (κ3) is 5.56. The van der Waals surface area contributed by atoms with Crippen molar-refractivity contribution in [1.29, 1.82) is 0 Å². The molecule has 6 atom stereocenters. The van der Waals surface area contributed by atoms with Gasteiger partial charge < -0.3 is 18.7 Å². The molecule has 3 saturated carbocycles. The molecular weight excluding hydrogens is 526 g/mol. The lowest BCUT2D eigenvalue weighted by Gasteiger charge is -2.56. The zero-order chi connectivity index (χ0) is 30.3. The molecule has 0 heterocycles. The highest BCUT2D eigenvalue weighted by Crippen LogP contribution is 2.65. The molecule has 230 valence electrons. The van der Waals surface area contributed by atoms with E-state index in [0.717, 1.165) is 85.9 Å². The highest BCUT2D eigenvalue weighted by molar-refractivity contribution is 6.06. The average molecular weight is 579 g/mol. The molecule has 42 heavy (non-hydrogen) atoms. The number of Topliss-reactive ketones (excluding diaryl/α,β-unsaturated/α-hetero) is 1. The number of ether oxygens (including phenoxy) is 3. The summed E-state index contributed by atoms with van der Waals surface area (Å²) in [5.74, 6) is 3.08. The molecule has 0 aliphatic heterocycles. The maximum absolute atomic E-state index is 14.0. The Kier molecular flexibility index (Phi) is 8.68. The van der Waals surface area contributed by atoms with Gasteiger partial charge in [-0.2, -0.15) is 0 Å². The molecule has 4 aliphatic rings. The van der Waals surface area contributed by atoms with Crippen molar-refractivity contribution in [2.24, 2.45) is 28.6 Å². The van der Waals surface area contributed by atoms with Gasteiger partial charge >= 0.3 is 5.97 Å². The van der Waals surface area contributed by atoms with Crippen LogP contribution >= 0.6 is 0 Å². The summed E-state index contributed by atoms with van der Waals surface area (Å²) in [6.07, 6.45) is 11.3. The number of allylic oxidation sites excluding steroid dienone is 2. The van der Waals surface area contributed by atoms with Crippen molar-refractivity contribution >= 4 is 17.8 Å². The van der Waals surface area contributed by atoms with E-state index in [2.05, 4.69) is 53.0 Å². The summed E-state index contributed by atoms with van der Waals surface area (Å²) < 4.78 is 18.4. The lowest BCUT2D eigenvalue weighted by Crippen LogP contribution is -2.50. The van der Waals surface area contributed by atoms with Crippen molar-refractivity contribution in [3.63, 3.8) is 0 Å². The Bertz CT molecular complexity index is 1260. The summed E-state index contributed by atoms with van der Waals surface area (Å²) in [5.41, 5.74) is 3.28. The summed E-state index contributed by atoms with van der Waals surface area (Å²) >= 11 is 0. The van der Waals surface area contributed by atoms with Crippen LogP contribution in [0.25, 0.3) is 6.08 Å². The predicted octanol–water partition coefficient (Wildman–Crippen LogP) is 7.02. The first-order valence-corrected chi connectivity index (χ1v) is 16.2. The van der Waals surface area contributed by atoms with Crippen LogP contribution in [0, 0.1) is 28.6 Å². The number of rotatable bonds is 9. The monoisotopic (exact) mass is 578 g/mol. The Hall–Kier alpha value is -2.60. The number of methoxy groups -OCH3 is 1. The molecule has 1 aromatic rings. The molecule has 0 N–H and O–H groups in total. The number of esters is 1. The fourth-order valence-electron chi connectivity index (χ4n) is 8.77. The van der Waals surface area contributed by atoms with Gasteiger partial charge in [-0.1, -0.05) is 31.6 Å². The van der Waals surface area contributed by atoms with E-state index in [1.54, 1.807) is 7.11 Å². The molecule has 0 amide bonds. The van der Waals surface area contributed by atoms with Gasteiger partial charge in [0.25, 0.3) is 0 Å². The molecule has 6 heteroatoms. The molecule has 6 nitrogen and oxygen atoms in total. The molecule has 0 unspecified atom stereocenters. The van der Waals surface area contributed by atoms with Crippen LogP contribution in [-0.2, 0) is 14.3 Å². The van der Waals surface area contributed by atoms with Crippen LogP contribution in [0.5, 0.6) is 11.5 Å². The molecule has 5 rings (SSSR count). The number of likely N-dealkylation sites (N-methyl/N-ethyl adjacent to an activating group) is 1. The molecule has 0 saturated heterocycles. The molecular formula is C36H52NO5+. The summed E-state index contributed by atoms with van der Waals surface area (Å²) in [7, 11) is 3.94. The Labute approximate surface area is 253 Å². The van der Waals surface area contributed by atoms with Gasteiger partial charge in [0, 0.05) is 18.8 Å². The van der Waals surface area contributed by atoms with Gasteiger partial charge in [-0.25, -0.2) is 0 Å². The summed E-state index contributed by atoms with van der Waals surface area (Å²) in [6.45, 7) is 14.3. The second-order valence-corrected chi connectivity index (χ2v) is 14.1. The first-order chi connectivity index (χ1) is 20.0. The maximum Gasteiger partial charge on any atom is 0.302 e. The Balaban J connectivity index is 1.32. The van der Waals surface area contributed by atoms with Crippen molar-refractivity contribution in [3.8, 4) is 11.5 Å². The smallest absolute Gasteiger partial charge is 0.302 e. The van der Waals surface area contributed by atoms with E-state index in [1.165, 1.54) is 12.5 Å². The maximum atomic E-state index is 14.0.